The van der Waals surface area contributed by atoms with E-state index in [1.807, 2.05) is 6.07 Å². The van der Waals surface area contributed by atoms with Crippen LogP contribution in [-0.2, 0) is 0 Å². The summed E-state index contributed by atoms with van der Waals surface area (Å²) in [4.78, 5) is 25.2. The van der Waals surface area contributed by atoms with Crippen LogP contribution in [0.5, 0.6) is 0 Å². The number of hydrogen-bond acceptors (Lipinski definition) is 6. The number of nitrogens with zero attached hydrogens (tertiary/aromatic N) is 6. The summed E-state index contributed by atoms with van der Waals surface area (Å²) in [7, 11) is 0. The third-order valence-electron chi connectivity index (χ3n) is 3.51. The second-order valence-corrected chi connectivity index (χ2v) is 6.30. The van der Waals surface area contributed by atoms with Crippen molar-refractivity contribution < 1.29 is 4.79 Å². The van der Waals surface area contributed by atoms with Gasteiger partial charge in [0.15, 0.2) is 11.6 Å². The van der Waals surface area contributed by atoms with Gasteiger partial charge in [-0.1, -0.05) is 6.07 Å². The van der Waals surface area contributed by atoms with Gasteiger partial charge in [-0.2, -0.15) is 9.94 Å². The Labute approximate surface area is 158 Å². The molecule has 3 aromatic heterocycles. The van der Waals surface area contributed by atoms with Gasteiger partial charge in [-0.3, -0.25) is 4.79 Å². The first-order valence-corrected chi connectivity index (χ1v) is 8.50. The van der Waals surface area contributed by atoms with Gasteiger partial charge in [0, 0.05) is 6.20 Å². The van der Waals surface area contributed by atoms with Crippen LogP contribution in [0.1, 0.15) is 40.7 Å². The Morgan fingerprint density at radius 1 is 1.31 bits per heavy atom. The lowest BCUT2D eigenvalue weighted by Crippen LogP contribution is -2.29. The maximum absolute atomic E-state index is 12.4. The molecule has 1 N–H and O–H groups in total. The highest BCUT2D eigenvalue weighted by Gasteiger charge is 2.20. The average Bonchev–Trinajstić information content (AvgIpc) is 3.03. The van der Waals surface area contributed by atoms with E-state index in [0.717, 1.165) is 0 Å². The number of carbonyl (C=O) groups is 1. The minimum Gasteiger partial charge on any atom is -0.341 e. The predicted octanol–water partition coefficient (Wildman–Crippen LogP) is 2.49. The van der Waals surface area contributed by atoms with E-state index in [2.05, 4.69) is 41.3 Å². The van der Waals surface area contributed by atoms with E-state index >= 15 is 0 Å². The Kier molecular flexibility index (Phi) is 5.04. The highest BCUT2D eigenvalue weighted by Crippen LogP contribution is 2.16. The largest absolute Gasteiger partial charge is 0.341 e. The second kappa shape index (κ2) is 7.41. The zero-order valence-corrected chi connectivity index (χ0v) is 15.6. The van der Waals surface area contributed by atoms with Gasteiger partial charge in [0.25, 0.3) is 5.91 Å². The van der Waals surface area contributed by atoms with Crippen molar-refractivity contribution in [2.75, 3.05) is 0 Å². The molecule has 0 unspecified atom stereocenters. The minimum atomic E-state index is -0.429. The third-order valence-corrected chi connectivity index (χ3v) is 3.96. The zero-order valence-electron chi connectivity index (χ0n) is 14.0. The van der Waals surface area contributed by atoms with Crippen LogP contribution in [0.25, 0.3) is 5.82 Å². The highest BCUT2D eigenvalue weighted by atomic mass is 79.9. The summed E-state index contributed by atoms with van der Waals surface area (Å²) in [5, 5.41) is 16.1. The van der Waals surface area contributed by atoms with Crippen LogP contribution in [0.15, 0.2) is 41.1 Å². The van der Waals surface area contributed by atoms with Gasteiger partial charge in [0.1, 0.15) is 22.2 Å². The van der Waals surface area contributed by atoms with E-state index in [-0.39, 0.29) is 5.91 Å². The molecule has 0 spiro atoms. The first kappa shape index (κ1) is 17.7. The number of pyridine rings is 2. The van der Waals surface area contributed by atoms with Crippen LogP contribution >= 0.6 is 15.9 Å². The molecule has 0 saturated heterocycles. The molecule has 9 heteroatoms. The summed E-state index contributed by atoms with van der Waals surface area (Å²) in [6.45, 7) is 3.56. The number of halogens is 1. The molecule has 0 aliphatic rings. The topological polar surface area (TPSA) is 109 Å². The van der Waals surface area contributed by atoms with E-state index in [4.69, 9.17) is 5.26 Å². The molecule has 0 aliphatic heterocycles. The molecular weight excluding hydrogens is 398 g/mol. The highest BCUT2D eigenvalue weighted by molar-refractivity contribution is 9.10. The van der Waals surface area contributed by atoms with Crippen LogP contribution < -0.4 is 5.32 Å². The summed E-state index contributed by atoms with van der Waals surface area (Å²) in [5.74, 6) is 1.27. The Balaban J connectivity index is 1.86. The lowest BCUT2D eigenvalue weighted by molar-refractivity contribution is 0.0932. The van der Waals surface area contributed by atoms with E-state index in [1.54, 1.807) is 48.9 Å². The maximum Gasteiger partial charge on any atom is 0.270 e. The molecule has 130 valence electrons. The van der Waals surface area contributed by atoms with Gasteiger partial charge in [-0.25, -0.2) is 15.0 Å². The first-order valence-electron chi connectivity index (χ1n) is 7.71. The third kappa shape index (κ3) is 3.75. The Morgan fingerprint density at radius 3 is 2.77 bits per heavy atom. The fourth-order valence-corrected chi connectivity index (χ4v) is 2.67. The van der Waals surface area contributed by atoms with E-state index in [9.17, 15) is 4.79 Å². The van der Waals surface area contributed by atoms with Crippen molar-refractivity contribution in [1.82, 2.24) is 30.0 Å². The molecule has 8 nitrogen and oxygen atoms in total. The fourth-order valence-electron chi connectivity index (χ4n) is 2.33. The number of hydrogen-bond donors (Lipinski definition) is 1. The molecular formula is C17H14BrN7O. The molecule has 26 heavy (non-hydrogen) atoms. The van der Waals surface area contributed by atoms with Crippen molar-refractivity contribution in [2.24, 2.45) is 0 Å². The van der Waals surface area contributed by atoms with Crippen LogP contribution in [0.4, 0.5) is 0 Å². The van der Waals surface area contributed by atoms with Crippen molar-refractivity contribution in [1.29, 1.82) is 5.26 Å². The lowest BCUT2D eigenvalue weighted by atomic mass is 10.2. The van der Waals surface area contributed by atoms with E-state index in [1.165, 1.54) is 6.20 Å². The molecule has 3 heterocycles. The standard InChI is InChI=1S/C17H14BrN7O/c1-10(21-17(26)13-4-3-5-14(18)23-13)16-22-11(2)24-25(16)15-7-6-12(8-19)9-20-15/h3-7,9-10H,1-2H3,(H,21,26)/t10-/m0/s1. The molecule has 0 radical (unpaired) electrons. The average molecular weight is 412 g/mol. The number of rotatable bonds is 4. The van der Waals surface area contributed by atoms with Crippen molar-refractivity contribution in [3.8, 4) is 11.9 Å². The van der Waals surface area contributed by atoms with Crippen LogP contribution in [0, 0.1) is 18.3 Å². The van der Waals surface area contributed by atoms with Crippen molar-refractivity contribution in [3.63, 3.8) is 0 Å². The SMILES string of the molecule is Cc1nc([C@H](C)NC(=O)c2cccc(Br)n2)n(-c2ccc(C#N)cn2)n1. The van der Waals surface area contributed by atoms with Gasteiger partial charge < -0.3 is 5.32 Å². The van der Waals surface area contributed by atoms with Crippen LogP contribution in [0.3, 0.4) is 0 Å². The molecule has 0 aromatic carbocycles. The molecule has 1 amide bonds. The Hall–Kier alpha value is -3.12. The summed E-state index contributed by atoms with van der Waals surface area (Å²) in [5.41, 5.74) is 0.750. The maximum atomic E-state index is 12.4. The second-order valence-electron chi connectivity index (χ2n) is 5.49. The van der Waals surface area contributed by atoms with Crippen LogP contribution in [0.2, 0.25) is 0 Å². The van der Waals surface area contributed by atoms with Gasteiger partial charge in [-0.15, -0.1) is 5.10 Å². The van der Waals surface area contributed by atoms with Crippen molar-refractivity contribution in [3.05, 3.63) is 64.0 Å². The van der Waals surface area contributed by atoms with Gasteiger partial charge in [-0.05, 0) is 54.0 Å². The van der Waals surface area contributed by atoms with Crippen LogP contribution in [-0.4, -0.2) is 30.6 Å². The van der Waals surface area contributed by atoms with E-state index < -0.39 is 6.04 Å². The number of carbonyl (C=O) groups excluding carboxylic acids is 1. The molecule has 0 aliphatic carbocycles. The summed E-state index contributed by atoms with van der Waals surface area (Å²) >= 11 is 3.25. The van der Waals surface area contributed by atoms with Gasteiger partial charge in [0.2, 0.25) is 0 Å². The molecule has 0 bridgehead atoms. The Morgan fingerprint density at radius 2 is 2.12 bits per heavy atom. The zero-order chi connectivity index (χ0) is 18.7. The fraction of sp³-hybridized carbons (Fsp3) is 0.176. The predicted molar refractivity (Wildman–Crippen MR) is 96.4 cm³/mol. The van der Waals surface area contributed by atoms with E-state index in [0.29, 0.717) is 33.3 Å². The molecule has 0 saturated carbocycles. The molecule has 3 aromatic rings. The lowest BCUT2D eigenvalue weighted by Gasteiger charge is -2.14. The quantitative estimate of drug-likeness (QED) is 0.660. The Bertz CT molecular complexity index is 991. The number of nitriles is 1. The minimum absolute atomic E-state index is 0.297. The van der Waals surface area contributed by atoms with Crippen molar-refractivity contribution in [2.45, 2.75) is 19.9 Å². The number of nitrogens with one attached hydrogen (secondary N) is 1. The van der Waals surface area contributed by atoms with Crippen molar-refractivity contribution >= 4 is 21.8 Å². The first-order chi connectivity index (χ1) is 12.5. The van der Waals surface area contributed by atoms with Gasteiger partial charge in [0.05, 0.1) is 11.6 Å². The summed E-state index contributed by atoms with van der Waals surface area (Å²) in [6, 6.07) is 10.0. The molecule has 1 atom stereocenters. The molecule has 3 rings (SSSR count). The summed E-state index contributed by atoms with van der Waals surface area (Å²) in [6.07, 6.45) is 1.46. The summed E-state index contributed by atoms with van der Waals surface area (Å²) < 4.78 is 2.13. The molecule has 0 fully saturated rings. The smallest absolute Gasteiger partial charge is 0.270 e. The monoisotopic (exact) mass is 411 g/mol. The normalized spacial score (nSPS) is 11.6. The number of amides is 1. The number of aryl methyl sites for hydroxylation is 1. The van der Waals surface area contributed by atoms with Gasteiger partial charge >= 0.3 is 0 Å². The number of aromatic nitrogens is 5.